The Bertz CT molecular complexity index is 1080. The van der Waals surface area contributed by atoms with E-state index in [0.29, 0.717) is 22.3 Å². The van der Waals surface area contributed by atoms with Gasteiger partial charge in [-0.2, -0.15) is 5.26 Å². The Morgan fingerprint density at radius 1 is 1.19 bits per heavy atom. The monoisotopic (exact) mass is 440 g/mol. The Kier molecular flexibility index (Phi) is 5.40. The van der Waals surface area contributed by atoms with Crippen molar-refractivity contribution in [3.05, 3.63) is 74.6 Å². The van der Waals surface area contributed by atoms with Gasteiger partial charge < -0.3 is 10.4 Å². The number of thiophene rings is 1. The maximum Gasteiger partial charge on any atom is 0.339 e. The van der Waals surface area contributed by atoms with E-state index in [9.17, 15) is 14.7 Å². The van der Waals surface area contributed by atoms with Crippen molar-refractivity contribution in [1.82, 2.24) is 0 Å². The van der Waals surface area contributed by atoms with Crippen molar-refractivity contribution in [2.45, 2.75) is 6.92 Å². The summed E-state index contributed by atoms with van der Waals surface area (Å²) in [4.78, 5) is 24.4. The van der Waals surface area contributed by atoms with Crippen LogP contribution in [0.4, 0.5) is 5.00 Å². The number of carboxylic acid groups (broad SMARTS) is 1. The zero-order chi connectivity index (χ0) is 19.6. The molecule has 0 saturated heterocycles. The van der Waals surface area contributed by atoms with Crippen LogP contribution in [0.1, 0.15) is 31.8 Å². The summed E-state index contributed by atoms with van der Waals surface area (Å²) in [6, 6.07) is 14.1. The number of aryl methyl sites for hydroxylation is 1. The molecule has 0 fully saturated rings. The molecule has 3 aromatic rings. The third kappa shape index (κ3) is 3.92. The molecule has 0 unspecified atom stereocenters. The largest absolute Gasteiger partial charge is 0.478 e. The van der Waals surface area contributed by atoms with Gasteiger partial charge in [0.2, 0.25) is 0 Å². The molecule has 2 N–H and O–H groups in total. The summed E-state index contributed by atoms with van der Waals surface area (Å²) >= 11 is 4.52. The van der Waals surface area contributed by atoms with E-state index >= 15 is 0 Å². The zero-order valence-corrected chi connectivity index (χ0v) is 16.5. The van der Waals surface area contributed by atoms with E-state index in [-0.39, 0.29) is 10.6 Å². The number of nitrogens with zero attached hydrogens (tertiary/aromatic N) is 1. The second kappa shape index (κ2) is 7.74. The lowest BCUT2D eigenvalue weighted by molar-refractivity contribution is 0.0699. The number of halogens is 1. The molecule has 27 heavy (non-hydrogen) atoms. The molecule has 0 aliphatic rings. The second-order valence-electron chi connectivity index (χ2n) is 5.76. The highest BCUT2D eigenvalue weighted by molar-refractivity contribution is 9.10. The van der Waals surface area contributed by atoms with Gasteiger partial charge in [0.15, 0.2) is 0 Å². The van der Waals surface area contributed by atoms with Crippen LogP contribution in [0.25, 0.3) is 11.1 Å². The molecule has 0 aliphatic carbocycles. The zero-order valence-electron chi connectivity index (χ0n) is 14.1. The molecule has 1 aromatic heterocycles. The minimum Gasteiger partial charge on any atom is -0.478 e. The van der Waals surface area contributed by atoms with E-state index in [4.69, 9.17) is 5.26 Å². The average Bonchev–Trinajstić information content (AvgIpc) is 3.06. The van der Waals surface area contributed by atoms with E-state index in [2.05, 4.69) is 21.2 Å². The molecular weight excluding hydrogens is 428 g/mol. The van der Waals surface area contributed by atoms with Gasteiger partial charge in [0.1, 0.15) is 10.6 Å². The van der Waals surface area contributed by atoms with Crippen molar-refractivity contribution >= 4 is 44.1 Å². The van der Waals surface area contributed by atoms with Gasteiger partial charge in [-0.15, -0.1) is 11.3 Å². The van der Waals surface area contributed by atoms with E-state index in [0.717, 1.165) is 21.4 Å². The highest BCUT2D eigenvalue weighted by Gasteiger charge is 2.21. The van der Waals surface area contributed by atoms with Crippen molar-refractivity contribution in [3.8, 4) is 17.2 Å². The number of carboxylic acids is 1. The third-order valence-electron chi connectivity index (χ3n) is 4.00. The molecule has 7 heteroatoms. The summed E-state index contributed by atoms with van der Waals surface area (Å²) in [5.41, 5.74) is 2.90. The van der Waals surface area contributed by atoms with Crippen LogP contribution in [-0.4, -0.2) is 17.0 Å². The van der Waals surface area contributed by atoms with Gasteiger partial charge in [0, 0.05) is 21.0 Å². The van der Waals surface area contributed by atoms with Crippen LogP contribution >= 0.6 is 27.3 Å². The molecule has 1 amide bonds. The number of anilines is 1. The predicted molar refractivity (Wildman–Crippen MR) is 108 cm³/mol. The van der Waals surface area contributed by atoms with Crippen LogP contribution in [0.5, 0.6) is 0 Å². The maximum atomic E-state index is 12.5. The highest BCUT2D eigenvalue weighted by atomic mass is 79.9. The van der Waals surface area contributed by atoms with Crippen LogP contribution < -0.4 is 5.32 Å². The number of carbonyl (C=O) groups excluding carboxylic acids is 1. The smallest absolute Gasteiger partial charge is 0.339 e. The fourth-order valence-electron chi connectivity index (χ4n) is 2.61. The standard InChI is InChI=1S/C20H13BrN2O3S/c1-11-8-13(2-3-14(11)9-22)18(24)23-19-17(20(25)26)16(10-27-19)12-4-6-15(21)7-5-12/h2-8,10H,1H3,(H,23,24)(H,25,26). The van der Waals surface area contributed by atoms with Crippen molar-refractivity contribution < 1.29 is 14.7 Å². The lowest BCUT2D eigenvalue weighted by atomic mass is 10.0. The van der Waals surface area contributed by atoms with E-state index < -0.39 is 11.9 Å². The van der Waals surface area contributed by atoms with Crippen LogP contribution in [-0.2, 0) is 0 Å². The topological polar surface area (TPSA) is 90.2 Å². The minimum atomic E-state index is -1.11. The number of hydrogen-bond donors (Lipinski definition) is 2. The Labute approximate surface area is 168 Å². The molecule has 0 bridgehead atoms. The number of hydrogen-bond acceptors (Lipinski definition) is 4. The Morgan fingerprint density at radius 3 is 2.48 bits per heavy atom. The van der Waals surface area contributed by atoms with Gasteiger partial charge in [-0.3, -0.25) is 4.79 Å². The van der Waals surface area contributed by atoms with Gasteiger partial charge in [-0.25, -0.2) is 4.79 Å². The molecule has 3 rings (SSSR count). The first-order valence-corrected chi connectivity index (χ1v) is 9.50. The lowest BCUT2D eigenvalue weighted by Crippen LogP contribution is -2.14. The van der Waals surface area contributed by atoms with Crippen LogP contribution in [0.2, 0.25) is 0 Å². The van der Waals surface area contributed by atoms with Crippen molar-refractivity contribution in [1.29, 1.82) is 5.26 Å². The molecule has 134 valence electrons. The molecule has 2 aromatic carbocycles. The van der Waals surface area contributed by atoms with Gasteiger partial charge in [0.25, 0.3) is 5.91 Å². The summed E-state index contributed by atoms with van der Waals surface area (Å²) in [7, 11) is 0. The summed E-state index contributed by atoms with van der Waals surface area (Å²) in [6.45, 7) is 1.74. The fraction of sp³-hybridized carbons (Fsp3) is 0.0500. The van der Waals surface area contributed by atoms with Crippen molar-refractivity contribution in [3.63, 3.8) is 0 Å². The number of aromatic carboxylic acids is 1. The first kappa shape index (κ1) is 18.8. The van der Waals surface area contributed by atoms with Crippen molar-refractivity contribution in [2.75, 3.05) is 5.32 Å². The first-order chi connectivity index (χ1) is 12.9. The number of rotatable bonds is 4. The molecule has 5 nitrogen and oxygen atoms in total. The van der Waals surface area contributed by atoms with Gasteiger partial charge in [0.05, 0.1) is 11.6 Å². The average molecular weight is 441 g/mol. The first-order valence-electron chi connectivity index (χ1n) is 7.83. The molecular formula is C20H13BrN2O3S. The highest BCUT2D eigenvalue weighted by Crippen LogP contribution is 2.36. The number of nitrogens with one attached hydrogen (secondary N) is 1. The summed E-state index contributed by atoms with van der Waals surface area (Å²) < 4.78 is 0.892. The Morgan fingerprint density at radius 2 is 1.89 bits per heavy atom. The summed E-state index contributed by atoms with van der Waals surface area (Å²) in [6.07, 6.45) is 0. The molecule has 0 spiro atoms. The molecule has 0 atom stereocenters. The number of carbonyl (C=O) groups is 2. The molecule has 0 radical (unpaired) electrons. The summed E-state index contributed by atoms with van der Waals surface area (Å²) in [5, 5.41) is 23.3. The normalized spacial score (nSPS) is 10.3. The fourth-order valence-corrected chi connectivity index (χ4v) is 3.83. The lowest BCUT2D eigenvalue weighted by Gasteiger charge is -2.07. The minimum absolute atomic E-state index is 0.0565. The molecule has 1 heterocycles. The maximum absolute atomic E-state index is 12.5. The second-order valence-corrected chi connectivity index (χ2v) is 7.56. The van der Waals surface area contributed by atoms with Crippen molar-refractivity contribution in [2.24, 2.45) is 0 Å². The SMILES string of the molecule is Cc1cc(C(=O)Nc2scc(-c3ccc(Br)cc3)c2C(=O)O)ccc1C#N. The molecule has 0 aliphatic heterocycles. The third-order valence-corrected chi connectivity index (χ3v) is 5.42. The van der Waals surface area contributed by atoms with E-state index in [1.165, 1.54) is 0 Å². The Balaban J connectivity index is 1.94. The summed E-state index contributed by atoms with van der Waals surface area (Å²) in [5.74, 6) is -1.53. The van der Waals surface area contributed by atoms with Gasteiger partial charge >= 0.3 is 5.97 Å². The van der Waals surface area contributed by atoms with Gasteiger partial charge in [-0.05, 0) is 48.4 Å². The van der Waals surface area contributed by atoms with E-state index in [1.807, 2.05) is 30.3 Å². The number of benzene rings is 2. The van der Waals surface area contributed by atoms with Crippen LogP contribution in [0, 0.1) is 18.3 Å². The molecule has 0 saturated carbocycles. The Hall–Kier alpha value is -2.95. The predicted octanol–water partition coefficient (Wildman–Crippen LogP) is 5.31. The number of amides is 1. The quantitative estimate of drug-likeness (QED) is 0.574. The number of nitriles is 1. The van der Waals surface area contributed by atoms with E-state index in [1.54, 1.807) is 30.5 Å². The van der Waals surface area contributed by atoms with Crippen LogP contribution in [0.15, 0.2) is 52.3 Å². The van der Waals surface area contributed by atoms with Crippen LogP contribution in [0.3, 0.4) is 0 Å². The van der Waals surface area contributed by atoms with Gasteiger partial charge in [-0.1, -0.05) is 28.1 Å².